The number of hydrogen-bond acceptors (Lipinski definition) is 4. The van der Waals surface area contributed by atoms with E-state index in [0.717, 1.165) is 43.1 Å². The number of aromatic nitrogens is 2. The molecule has 0 radical (unpaired) electrons. The van der Waals surface area contributed by atoms with Crippen molar-refractivity contribution in [2.45, 2.75) is 70.1 Å². The molecule has 1 aliphatic rings. The Morgan fingerprint density at radius 1 is 1.38 bits per heavy atom. The van der Waals surface area contributed by atoms with Gasteiger partial charge in [0.25, 0.3) is 0 Å². The average molecular weight is 309 g/mol. The highest BCUT2D eigenvalue weighted by Gasteiger charge is 2.26. The summed E-state index contributed by atoms with van der Waals surface area (Å²) in [5.41, 5.74) is -0.0451. The Hall–Kier alpha value is -0.970. The monoisotopic (exact) mass is 309 g/mol. The first kappa shape index (κ1) is 16.4. The van der Waals surface area contributed by atoms with Crippen molar-refractivity contribution in [2.24, 2.45) is 0 Å². The third-order valence-corrected chi connectivity index (χ3v) is 5.70. The molecule has 0 spiro atoms. The molecule has 1 N–H and O–H groups in total. The van der Waals surface area contributed by atoms with Gasteiger partial charge in [-0.3, -0.25) is 4.21 Å². The van der Waals surface area contributed by atoms with Gasteiger partial charge in [-0.25, -0.2) is 9.97 Å². The molecule has 118 valence electrons. The van der Waals surface area contributed by atoms with Crippen molar-refractivity contribution in [3.8, 4) is 0 Å². The normalized spacial score (nSPS) is 24.6. The first-order valence-electron chi connectivity index (χ1n) is 7.87. The predicted octanol–water partition coefficient (Wildman–Crippen LogP) is 3.27. The van der Waals surface area contributed by atoms with Gasteiger partial charge < -0.3 is 5.32 Å². The summed E-state index contributed by atoms with van der Waals surface area (Å²) in [7, 11) is -0.683. The van der Waals surface area contributed by atoms with Gasteiger partial charge in [-0.2, -0.15) is 0 Å². The van der Waals surface area contributed by atoms with E-state index in [1.54, 1.807) is 0 Å². The van der Waals surface area contributed by atoms with Crippen LogP contribution in [0.25, 0.3) is 0 Å². The SMILES string of the molecule is CCS(=O)C1CCCC(Nc2ccnc(C(C)(C)C)n2)C1. The van der Waals surface area contributed by atoms with Crippen LogP contribution in [0.1, 0.15) is 59.2 Å². The third-order valence-electron chi connectivity index (χ3n) is 3.96. The second-order valence-electron chi connectivity index (χ2n) is 6.81. The maximum atomic E-state index is 12.0. The van der Waals surface area contributed by atoms with Crippen LogP contribution in [-0.4, -0.2) is 31.2 Å². The smallest absolute Gasteiger partial charge is 0.135 e. The second kappa shape index (κ2) is 6.86. The Labute approximate surface area is 130 Å². The van der Waals surface area contributed by atoms with Crippen LogP contribution in [0.5, 0.6) is 0 Å². The average Bonchev–Trinajstić information content (AvgIpc) is 2.46. The standard InChI is InChI=1S/C16H27N3OS/c1-5-21(20)13-8-6-7-12(11-13)18-14-9-10-17-15(19-14)16(2,3)4/h9-10,12-13H,5-8,11H2,1-4H3,(H,17,18,19). The summed E-state index contributed by atoms with van der Waals surface area (Å²) in [6.07, 6.45) is 6.17. The number of nitrogens with zero attached hydrogens (tertiary/aromatic N) is 2. The van der Waals surface area contributed by atoms with Gasteiger partial charge in [0, 0.05) is 39.5 Å². The summed E-state index contributed by atoms with van der Waals surface area (Å²) >= 11 is 0. The molecule has 0 aromatic carbocycles. The molecule has 21 heavy (non-hydrogen) atoms. The van der Waals surface area contributed by atoms with Gasteiger partial charge in [0.15, 0.2) is 0 Å². The van der Waals surface area contributed by atoms with E-state index in [1.807, 2.05) is 19.2 Å². The lowest BCUT2D eigenvalue weighted by Gasteiger charge is -2.29. The van der Waals surface area contributed by atoms with E-state index in [9.17, 15) is 4.21 Å². The van der Waals surface area contributed by atoms with Gasteiger partial charge in [0.1, 0.15) is 11.6 Å². The van der Waals surface area contributed by atoms with Crippen molar-refractivity contribution in [2.75, 3.05) is 11.1 Å². The van der Waals surface area contributed by atoms with Gasteiger partial charge in [-0.1, -0.05) is 34.1 Å². The largest absolute Gasteiger partial charge is 0.367 e. The minimum Gasteiger partial charge on any atom is -0.367 e. The molecule has 1 fully saturated rings. The van der Waals surface area contributed by atoms with Crippen LogP contribution in [0.4, 0.5) is 5.82 Å². The molecule has 0 aliphatic heterocycles. The highest BCUT2D eigenvalue weighted by molar-refractivity contribution is 7.85. The molecule has 0 bridgehead atoms. The van der Waals surface area contributed by atoms with Crippen LogP contribution >= 0.6 is 0 Å². The summed E-state index contributed by atoms with van der Waals surface area (Å²) in [5.74, 6) is 2.51. The minimum atomic E-state index is -0.683. The molecule has 0 saturated heterocycles. The van der Waals surface area contributed by atoms with Crippen molar-refractivity contribution >= 4 is 16.6 Å². The lowest BCUT2D eigenvalue weighted by Crippen LogP contribution is -2.33. The molecule has 1 aliphatic carbocycles. The van der Waals surface area contributed by atoms with Gasteiger partial charge in [-0.05, 0) is 25.3 Å². The van der Waals surface area contributed by atoms with Crippen molar-refractivity contribution in [3.05, 3.63) is 18.1 Å². The first-order chi connectivity index (χ1) is 9.90. The fraction of sp³-hybridized carbons (Fsp3) is 0.750. The van der Waals surface area contributed by atoms with Crippen molar-refractivity contribution in [3.63, 3.8) is 0 Å². The van der Waals surface area contributed by atoms with Crippen molar-refractivity contribution in [1.82, 2.24) is 9.97 Å². The number of anilines is 1. The van der Waals surface area contributed by atoms with Gasteiger partial charge in [0.05, 0.1) is 0 Å². The Balaban J connectivity index is 2.03. The number of rotatable bonds is 4. The zero-order valence-corrected chi connectivity index (χ0v) is 14.4. The molecule has 3 atom stereocenters. The molecule has 1 saturated carbocycles. The topological polar surface area (TPSA) is 54.9 Å². The van der Waals surface area contributed by atoms with Gasteiger partial charge in [0.2, 0.25) is 0 Å². The van der Waals surface area contributed by atoms with E-state index in [0.29, 0.717) is 11.3 Å². The van der Waals surface area contributed by atoms with Crippen LogP contribution in [-0.2, 0) is 16.2 Å². The third kappa shape index (κ3) is 4.50. The molecular formula is C16H27N3OS. The molecule has 2 rings (SSSR count). The first-order valence-corrected chi connectivity index (χ1v) is 9.25. The van der Waals surface area contributed by atoms with Crippen molar-refractivity contribution < 1.29 is 4.21 Å². The zero-order chi connectivity index (χ0) is 15.5. The summed E-state index contributed by atoms with van der Waals surface area (Å²) in [6, 6.07) is 2.30. The Bertz CT molecular complexity index is 499. The molecule has 1 aromatic rings. The predicted molar refractivity (Wildman–Crippen MR) is 89.1 cm³/mol. The van der Waals surface area contributed by atoms with Crippen LogP contribution < -0.4 is 5.32 Å². The molecule has 0 amide bonds. The molecule has 5 heteroatoms. The Morgan fingerprint density at radius 2 is 2.14 bits per heavy atom. The van der Waals surface area contributed by atoms with E-state index in [2.05, 4.69) is 36.1 Å². The molecule has 1 heterocycles. The van der Waals surface area contributed by atoms with Crippen LogP contribution in [0, 0.1) is 0 Å². The maximum absolute atomic E-state index is 12.0. The summed E-state index contributed by atoms with van der Waals surface area (Å²) in [4.78, 5) is 8.99. The van der Waals surface area contributed by atoms with E-state index in [-0.39, 0.29) is 5.41 Å². The highest BCUT2D eigenvalue weighted by atomic mass is 32.2. The lowest BCUT2D eigenvalue weighted by molar-refractivity contribution is 0.463. The zero-order valence-electron chi connectivity index (χ0n) is 13.6. The quantitative estimate of drug-likeness (QED) is 0.927. The lowest BCUT2D eigenvalue weighted by atomic mass is 9.94. The van der Waals surface area contributed by atoms with Crippen LogP contribution in [0.15, 0.2) is 12.3 Å². The van der Waals surface area contributed by atoms with E-state index in [1.165, 1.54) is 0 Å². The molecular weight excluding hydrogens is 282 g/mol. The summed E-state index contributed by atoms with van der Waals surface area (Å²) < 4.78 is 12.0. The molecule has 1 aromatic heterocycles. The van der Waals surface area contributed by atoms with E-state index in [4.69, 9.17) is 0 Å². The van der Waals surface area contributed by atoms with Crippen LogP contribution in [0.2, 0.25) is 0 Å². The fourth-order valence-corrected chi connectivity index (χ4v) is 4.11. The summed E-state index contributed by atoms with van der Waals surface area (Å²) in [6.45, 7) is 8.36. The van der Waals surface area contributed by atoms with Gasteiger partial charge in [-0.15, -0.1) is 0 Å². The van der Waals surface area contributed by atoms with Crippen LogP contribution in [0.3, 0.4) is 0 Å². The summed E-state index contributed by atoms with van der Waals surface area (Å²) in [5, 5.41) is 3.85. The molecule has 4 nitrogen and oxygen atoms in total. The maximum Gasteiger partial charge on any atom is 0.135 e. The van der Waals surface area contributed by atoms with E-state index < -0.39 is 10.8 Å². The number of nitrogens with one attached hydrogen (secondary N) is 1. The fourth-order valence-electron chi connectivity index (χ4n) is 2.76. The van der Waals surface area contributed by atoms with Gasteiger partial charge >= 0.3 is 0 Å². The Kier molecular flexibility index (Phi) is 5.36. The highest BCUT2D eigenvalue weighted by Crippen LogP contribution is 2.26. The Morgan fingerprint density at radius 3 is 2.81 bits per heavy atom. The molecule has 3 unspecified atom stereocenters. The second-order valence-corrected chi connectivity index (χ2v) is 8.82. The number of hydrogen-bond donors (Lipinski definition) is 1. The minimum absolute atomic E-state index is 0.0451. The van der Waals surface area contributed by atoms with E-state index >= 15 is 0 Å². The van der Waals surface area contributed by atoms with Crippen molar-refractivity contribution in [1.29, 1.82) is 0 Å².